The predicted octanol–water partition coefficient (Wildman–Crippen LogP) is 2.34. The number of rotatable bonds is 1. The number of ether oxygens (including phenoxy) is 1. The minimum atomic E-state index is -0.576. The number of ketones is 1. The second kappa shape index (κ2) is 3.86. The van der Waals surface area contributed by atoms with E-state index in [1.165, 1.54) is 0 Å². The highest BCUT2D eigenvalue weighted by Gasteiger charge is 2.41. The zero-order chi connectivity index (χ0) is 11.9. The van der Waals surface area contributed by atoms with Crippen molar-refractivity contribution in [3.8, 4) is 5.75 Å². The number of hydrogen-bond donors (Lipinski definition) is 0. The Morgan fingerprint density at radius 3 is 2.75 bits per heavy atom. The number of carbonyl (C=O) groups excluding carboxylic acids is 1. The van der Waals surface area contributed by atoms with E-state index in [-0.39, 0.29) is 5.78 Å². The summed E-state index contributed by atoms with van der Waals surface area (Å²) in [5, 5.41) is 0. The first-order valence-corrected chi connectivity index (χ1v) is 5.89. The third-order valence-electron chi connectivity index (χ3n) is 3.17. The summed E-state index contributed by atoms with van der Waals surface area (Å²) in [6, 6.07) is 5.52. The molecule has 4 heteroatoms. The van der Waals surface area contributed by atoms with Gasteiger partial charge in [0.05, 0.1) is 5.56 Å². The number of carbonyl (C=O) groups is 1. The van der Waals surface area contributed by atoms with Gasteiger partial charge in [-0.2, -0.15) is 0 Å². The lowest BCUT2D eigenvalue weighted by atomic mass is 9.88. The maximum Gasteiger partial charge on any atom is 0.190 e. The maximum atomic E-state index is 12.4. The molecule has 86 valence electrons. The molecule has 1 aliphatic heterocycles. The van der Waals surface area contributed by atoms with Crippen molar-refractivity contribution in [2.75, 3.05) is 20.7 Å². The summed E-state index contributed by atoms with van der Waals surface area (Å²) >= 11 is 3.37. The molecular weight excluding hydrogens is 270 g/mol. The lowest BCUT2D eigenvalue weighted by Crippen LogP contribution is -2.55. The Kier molecular flexibility index (Phi) is 2.80. The van der Waals surface area contributed by atoms with Crippen LogP contribution in [0.15, 0.2) is 22.7 Å². The quantitative estimate of drug-likeness (QED) is 0.792. The number of halogens is 1. The Hall–Kier alpha value is -0.870. The fourth-order valence-corrected chi connectivity index (χ4v) is 2.07. The minimum Gasteiger partial charge on any atom is -0.490 e. The molecule has 16 heavy (non-hydrogen) atoms. The molecule has 0 amide bonds. The average molecular weight is 284 g/mol. The summed E-state index contributed by atoms with van der Waals surface area (Å²) in [5.41, 5.74) is 0.0742. The van der Waals surface area contributed by atoms with Crippen LogP contribution in [0.25, 0.3) is 0 Å². The highest BCUT2D eigenvalue weighted by atomic mass is 79.9. The van der Waals surface area contributed by atoms with Gasteiger partial charge in [-0.15, -0.1) is 0 Å². The molecule has 2 rings (SSSR count). The SMILES string of the molecule is CN(C)[C@]1(C)COc2ccc(Br)cc2C1=O. The second-order valence-corrected chi connectivity index (χ2v) is 5.34. The van der Waals surface area contributed by atoms with Crippen molar-refractivity contribution >= 4 is 21.7 Å². The Labute approximate surface area is 104 Å². The van der Waals surface area contributed by atoms with E-state index in [4.69, 9.17) is 4.74 Å². The van der Waals surface area contributed by atoms with E-state index in [0.717, 1.165) is 4.47 Å². The van der Waals surface area contributed by atoms with Crippen molar-refractivity contribution in [1.82, 2.24) is 4.90 Å². The first kappa shape index (κ1) is 11.6. The first-order valence-electron chi connectivity index (χ1n) is 5.10. The van der Waals surface area contributed by atoms with Gasteiger partial charge < -0.3 is 4.74 Å². The molecule has 3 nitrogen and oxygen atoms in total. The molecule has 0 bridgehead atoms. The molecule has 0 radical (unpaired) electrons. The molecule has 0 spiro atoms. The van der Waals surface area contributed by atoms with Crippen LogP contribution in [-0.4, -0.2) is 36.9 Å². The minimum absolute atomic E-state index is 0.111. The number of likely N-dealkylation sites (N-methyl/N-ethyl adjacent to an activating group) is 1. The van der Waals surface area contributed by atoms with Crippen molar-refractivity contribution in [2.45, 2.75) is 12.5 Å². The van der Waals surface area contributed by atoms with Crippen LogP contribution in [0, 0.1) is 0 Å². The normalized spacial score (nSPS) is 24.2. The monoisotopic (exact) mass is 283 g/mol. The Morgan fingerprint density at radius 1 is 1.44 bits per heavy atom. The van der Waals surface area contributed by atoms with Gasteiger partial charge in [-0.1, -0.05) is 15.9 Å². The highest BCUT2D eigenvalue weighted by Crippen LogP contribution is 2.33. The van der Waals surface area contributed by atoms with Crippen LogP contribution in [0.5, 0.6) is 5.75 Å². The van der Waals surface area contributed by atoms with Crippen molar-refractivity contribution < 1.29 is 9.53 Å². The van der Waals surface area contributed by atoms with Crippen LogP contribution in [-0.2, 0) is 0 Å². The average Bonchev–Trinajstić information content (AvgIpc) is 2.24. The topological polar surface area (TPSA) is 29.5 Å². The Bertz CT molecular complexity index is 445. The highest BCUT2D eigenvalue weighted by molar-refractivity contribution is 9.10. The van der Waals surface area contributed by atoms with Crippen molar-refractivity contribution in [3.63, 3.8) is 0 Å². The van der Waals surface area contributed by atoms with Gasteiger partial charge in [0.15, 0.2) is 5.78 Å². The molecule has 1 aromatic carbocycles. The molecule has 1 aliphatic rings. The van der Waals surface area contributed by atoms with Gasteiger partial charge in [0, 0.05) is 4.47 Å². The van der Waals surface area contributed by atoms with Crippen LogP contribution in [0.4, 0.5) is 0 Å². The fourth-order valence-electron chi connectivity index (χ4n) is 1.71. The summed E-state index contributed by atoms with van der Waals surface area (Å²) in [6.07, 6.45) is 0. The summed E-state index contributed by atoms with van der Waals surface area (Å²) in [7, 11) is 3.79. The van der Waals surface area contributed by atoms with Crippen LogP contribution >= 0.6 is 15.9 Å². The summed E-state index contributed by atoms with van der Waals surface area (Å²) < 4.78 is 6.54. The molecular formula is C12H14BrNO2. The third-order valence-corrected chi connectivity index (χ3v) is 3.66. The summed E-state index contributed by atoms with van der Waals surface area (Å²) in [4.78, 5) is 14.3. The number of hydrogen-bond acceptors (Lipinski definition) is 3. The maximum absolute atomic E-state index is 12.4. The Balaban J connectivity index is 2.50. The van der Waals surface area contributed by atoms with Gasteiger partial charge in [-0.3, -0.25) is 9.69 Å². The Morgan fingerprint density at radius 2 is 2.12 bits per heavy atom. The van der Waals surface area contributed by atoms with Crippen molar-refractivity contribution in [2.24, 2.45) is 0 Å². The summed E-state index contributed by atoms with van der Waals surface area (Å²) in [6.45, 7) is 2.30. The van der Waals surface area contributed by atoms with E-state index in [1.807, 2.05) is 44.1 Å². The van der Waals surface area contributed by atoms with E-state index < -0.39 is 5.54 Å². The molecule has 1 aromatic rings. The zero-order valence-electron chi connectivity index (χ0n) is 9.58. The standard InChI is InChI=1S/C12H14BrNO2/c1-12(14(2)3)7-16-10-5-4-8(13)6-9(10)11(12)15/h4-6H,7H2,1-3H3/t12-/m1/s1. The van der Waals surface area contributed by atoms with Gasteiger partial charge in [0.1, 0.15) is 17.9 Å². The van der Waals surface area contributed by atoms with Crippen molar-refractivity contribution in [1.29, 1.82) is 0 Å². The number of Topliss-reactive ketones (excluding diaryl/α,β-unsaturated/α-hetero) is 1. The number of nitrogens with zero attached hydrogens (tertiary/aromatic N) is 1. The molecule has 0 aliphatic carbocycles. The van der Waals surface area contributed by atoms with Crippen molar-refractivity contribution in [3.05, 3.63) is 28.2 Å². The van der Waals surface area contributed by atoms with Gasteiger partial charge in [0.25, 0.3) is 0 Å². The van der Waals surface area contributed by atoms with Crippen LogP contribution in [0.1, 0.15) is 17.3 Å². The van der Waals surface area contributed by atoms with E-state index >= 15 is 0 Å². The largest absolute Gasteiger partial charge is 0.490 e. The smallest absolute Gasteiger partial charge is 0.190 e. The van der Waals surface area contributed by atoms with Crippen LogP contribution in [0.2, 0.25) is 0 Å². The molecule has 0 fully saturated rings. The van der Waals surface area contributed by atoms with Gasteiger partial charge in [0.2, 0.25) is 0 Å². The number of fused-ring (bicyclic) bond motifs is 1. The van der Waals surface area contributed by atoms with Crippen LogP contribution in [0.3, 0.4) is 0 Å². The first-order chi connectivity index (χ1) is 7.45. The van der Waals surface area contributed by atoms with E-state index in [0.29, 0.717) is 17.9 Å². The van der Waals surface area contributed by atoms with Crippen LogP contribution < -0.4 is 4.74 Å². The molecule has 1 heterocycles. The fraction of sp³-hybridized carbons (Fsp3) is 0.417. The second-order valence-electron chi connectivity index (χ2n) is 4.43. The summed E-state index contributed by atoms with van der Waals surface area (Å²) in [5.74, 6) is 0.785. The zero-order valence-corrected chi connectivity index (χ0v) is 11.2. The van der Waals surface area contributed by atoms with E-state index in [2.05, 4.69) is 15.9 Å². The van der Waals surface area contributed by atoms with E-state index in [1.54, 1.807) is 0 Å². The predicted molar refractivity (Wildman–Crippen MR) is 66.1 cm³/mol. The molecule has 1 atom stereocenters. The van der Waals surface area contributed by atoms with Gasteiger partial charge >= 0.3 is 0 Å². The van der Waals surface area contributed by atoms with E-state index in [9.17, 15) is 4.79 Å². The van der Waals surface area contributed by atoms with Gasteiger partial charge in [-0.05, 0) is 39.2 Å². The molecule has 0 aromatic heterocycles. The lowest BCUT2D eigenvalue weighted by molar-refractivity contribution is 0.0504. The molecule has 0 N–H and O–H groups in total. The number of benzene rings is 1. The van der Waals surface area contributed by atoms with Gasteiger partial charge in [-0.25, -0.2) is 0 Å². The molecule has 0 saturated carbocycles. The lowest BCUT2D eigenvalue weighted by Gasteiger charge is -2.38. The third kappa shape index (κ3) is 1.66. The molecule has 0 unspecified atom stereocenters. The molecule has 0 saturated heterocycles.